The second-order valence-corrected chi connectivity index (χ2v) is 8.26. The van der Waals surface area contributed by atoms with Crippen molar-refractivity contribution in [1.82, 2.24) is 15.2 Å². The van der Waals surface area contributed by atoms with Crippen LogP contribution >= 0.6 is 0 Å². The highest BCUT2D eigenvalue weighted by Crippen LogP contribution is 2.24. The quantitative estimate of drug-likeness (QED) is 0.502. The fraction of sp³-hybridized carbons (Fsp3) is 0.231. The molecule has 0 radical (unpaired) electrons. The summed E-state index contributed by atoms with van der Waals surface area (Å²) < 4.78 is 0. The van der Waals surface area contributed by atoms with Crippen molar-refractivity contribution in [2.45, 2.75) is 19.3 Å². The molecule has 32 heavy (non-hydrogen) atoms. The van der Waals surface area contributed by atoms with Gasteiger partial charge in [-0.15, -0.1) is 10.2 Å². The Morgan fingerprint density at radius 2 is 1.78 bits per heavy atom. The second kappa shape index (κ2) is 9.14. The molecule has 0 atom stereocenters. The summed E-state index contributed by atoms with van der Waals surface area (Å²) >= 11 is 0. The predicted molar refractivity (Wildman–Crippen MR) is 127 cm³/mol. The van der Waals surface area contributed by atoms with Gasteiger partial charge in [0, 0.05) is 30.4 Å². The maximum Gasteiger partial charge on any atom is 0.276 e. The Morgan fingerprint density at radius 3 is 2.56 bits per heavy atom. The number of nitrogens with one attached hydrogen (secondary N) is 1. The minimum absolute atomic E-state index is 0.270. The Labute approximate surface area is 187 Å². The monoisotopic (exact) mass is 423 g/mol. The van der Waals surface area contributed by atoms with Crippen molar-refractivity contribution in [3.05, 3.63) is 90.3 Å². The summed E-state index contributed by atoms with van der Waals surface area (Å²) in [6.45, 7) is 1.92. The molecule has 1 saturated heterocycles. The number of piperidine rings is 1. The molecule has 1 aliphatic heterocycles. The van der Waals surface area contributed by atoms with Gasteiger partial charge >= 0.3 is 0 Å². The number of benzene rings is 2. The predicted octanol–water partition coefficient (Wildman–Crippen LogP) is 4.74. The van der Waals surface area contributed by atoms with E-state index in [-0.39, 0.29) is 5.91 Å². The third kappa shape index (κ3) is 4.59. The van der Waals surface area contributed by atoms with E-state index >= 15 is 0 Å². The summed E-state index contributed by atoms with van der Waals surface area (Å²) in [4.78, 5) is 19.2. The van der Waals surface area contributed by atoms with E-state index in [9.17, 15) is 4.79 Å². The normalized spacial score (nSPS) is 14.4. The van der Waals surface area contributed by atoms with Gasteiger partial charge in [0.2, 0.25) is 0 Å². The first-order chi connectivity index (χ1) is 15.7. The number of fused-ring (bicyclic) bond motifs is 1. The lowest BCUT2D eigenvalue weighted by Crippen LogP contribution is -2.35. The van der Waals surface area contributed by atoms with Crippen LogP contribution in [-0.2, 0) is 6.42 Å². The molecule has 1 N–H and O–H groups in total. The zero-order chi connectivity index (χ0) is 21.8. The van der Waals surface area contributed by atoms with E-state index in [4.69, 9.17) is 0 Å². The van der Waals surface area contributed by atoms with Gasteiger partial charge in [-0.1, -0.05) is 36.4 Å². The lowest BCUT2D eigenvalue weighted by molar-refractivity contribution is 0.102. The smallest absolute Gasteiger partial charge is 0.276 e. The van der Waals surface area contributed by atoms with Crippen molar-refractivity contribution in [2.24, 2.45) is 5.92 Å². The number of hydrogen-bond acceptors (Lipinski definition) is 5. The number of hydrogen-bond donors (Lipinski definition) is 1. The van der Waals surface area contributed by atoms with Crippen LogP contribution in [0.5, 0.6) is 0 Å². The van der Waals surface area contributed by atoms with Crippen LogP contribution in [0.3, 0.4) is 0 Å². The average molecular weight is 424 g/mol. The second-order valence-electron chi connectivity index (χ2n) is 8.26. The summed E-state index contributed by atoms with van der Waals surface area (Å²) in [5.74, 6) is 1.26. The minimum atomic E-state index is -0.270. The molecule has 0 aliphatic carbocycles. The van der Waals surface area contributed by atoms with Crippen molar-refractivity contribution in [3.63, 3.8) is 0 Å². The summed E-state index contributed by atoms with van der Waals surface area (Å²) in [5.41, 5.74) is 3.31. The van der Waals surface area contributed by atoms with Gasteiger partial charge in [-0.2, -0.15) is 0 Å². The Balaban J connectivity index is 1.18. The Bertz CT molecular complexity index is 1200. The van der Waals surface area contributed by atoms with Gasteiger partial charge in [0.05, 0.1) is 5.52 Å². The minimum Gasteiger partial charge on any atom is -0.355 e. The standard InChI is InChI=1S/C26H25N5O/c32-26(28-22-8-9-23-21(18-22)7-4-14-27-23)24-10-11-25(30-29-24)31-15-12-20(13-16-31)17-19-5-2-1-3-6-19/h1-11,14,18,20H,12-13,15-17H2,(H,28,32). The molecule has 6 heteroatoms. The Morgan fingerprint density at radius 1 is 0.938 bits per heavy atom. The molecular weight excluding hydrogens is 398 g/mol. The van der Waals surface area contributed by atoms with Crippen molar-refractivity contribution >= 4 is 28.3 Å². The van der Waals surface area contributed by atoms with Crippen LogP contribution in [0.25, 0.3) is 10.9 Å². The molecule has 2 aromatic heterocycles. The molecule has 0 saturated carbocycles. The summed E-state index contributed by atoms with van der Waals surface area (Å²) in [6, 6.07) is 23.8. The molecule has 1 amide bonds. The molecule has 5 rings (SSSR count). The zero-order valence-electron chi connectivity index (χ0n) is 17.8. The molecule has 160 valence electrons. The Kier molecular flexibility index (Phi) is 5.75. The topological polar surface area (TPSA) is 71.0 Å². The summed E-state index contributed by atoms with van der Waals surface area (Å²) in [7, 11) is 0. The molecule has 1 aliphatic rings. The van der Waals surface area contributed by atoms with Crippen LogP contribution in [0.15, 0.2) is 79.0 Å². The van der Waals surface area contributed by atoms with Crippen molar-refractivity contribution in [3.8, 4) is 0 Å². The van der Waals surface area contributed by atoms with E-state index in [0.29, 0.717) is 17.3 Å². The highest BCUT2D eigenvalue weighted by Gasteiger charge is 2.21. The highest BCUT2D eigenvalue weighted by molar-refractivity contribution is 6.03. The zero-order valence-corrected chi connectivity index (χ0v) is 17.8. The van der Waals surface area contributed by atoms with Crippen LogP contribution < -0.4 is 10.2 Å². The Hall–Kier alpha value is -3.80. The first-order valence-electron chi connectivity index (χ1n) is 11.0. The van der Waals surface area contributed by atoms with Crippen molar-refractivity contribution < 1.29 is 4.79 Å². The van der Waals surface area contributed by atoms with E-state index in [1.54, 1.807) is 12.3 Å². The van der Waals surface area contributed by atoms with E-state index in [1.807, 2.05) is 36.4 Å². The van der Waals surface area contributed by atoms with Gasteiger partial charge < -0.3 is 10.2 Å². The molecule has 0 bridgehead atoms. The number of amides is 1. The maximum atomic E-state index is 12.6. The van der Waals surface area contributed by atoms with E-state index in [2.05, 4.69) is 55.7 Å². The third-order valence-corrected chi connectivity index (χ3v) is 6.05. The number of rotatable bonds is 5. The molecule has 6 nitrogen and oxygen atoms in total. The number of anilines is 2. The van der Waals surface area contributed by atoms with Gasteiger partial charge in [-0.25, -0.2) is 0 Å². The van der Waals surface area contributed by atoms with Crippen molar-refractivity contribution in [2.75, 3.05) is 23.3 Å². The van der Waals surface area contributed by atoms with Crippen LogP contribution in [-0.4, -0.2) is 34.2 Å². The van der Waals surface area contributed by atoms with Gasteiger partial charge in [0.1, 0.15) is 0 Å². The molecule has 3 heterocycles. The largest absolute Gasteiger partial charge is 0.355 e. The molecule has 4 aromatic rings. The van der Waals surface area contributed by atoms with Gasteiger partial charge in [-0.3, -0.25) is 9.78 Å². The summed E-state index contributed by atoms with van der Waals surface area (Å²) in [6.07, 6.45) is 5.15. The maximum absolute atomic E-state index is 12.6. The first-order valence-corrected chi connectivity index (χ1v) is 11.0. The van der Waals surface area contributed by atoms with E-state index < -0.39 is 0 Å². The average Bonchev–Trinajstić information content (AvgIpc) is 2.85. The fourth-order valence-electron chi connectivity index (χ4n) is 4.28. The van der Waals surface area contributed by atoms with E-state index in [1.165, 1.54) is 5.56 Å². The van der Waals surface area contributed by atoms with E-state index in [0.717, 1.165) is 49.1 Å². The number of nitrogens with zero attached hydrogens (tertiary/aromatic N) is 4. The van der Waals surface area contributed by atoms with Gasteiger partial charge in [0.25, 0.3) is 5.91 Å². The molecule has 1 fully saturated rings. The fourth-order valence-corrected chi connectivity index (χ4v) is 4.28. The summed E-state index contributed by atoms with van der Waals surface area (Å²) in [5, 5.41) is 12.4. The molecule has 0 spiro atoms. The van der Waals surface area contributed by atoms with Crippen LogP contribution in [0.1, 0.15) is 28.9 Å². The number of pyridine rings is 1. The molecular formula is C26H25N5O. The van der Waals surface area contributed by atoms with Crippen LogP contribution in [0.4, 0.5) is 11.5 Å². The van der Waals surface area contributed by atoms with Crippen LogP contribution in [0, 0.1) is 5.92 Å². The molecule has 2 aromatic carbocycles. The van der Waals surface area contributed by atoms with Gasteiger partial charge in [0.15, 0.2) is 11.5 Å². The lowest BCUT2D eigenvalue weighted by atomic mass is 9.90. The number of carbonyl (C=O) groups is 1. The molecule has 0 unspecified atom stereocenters. The van der Waals surface area contributed by atoms with Crippen molar-refractivity contribution in [1.29, 1.82) is 0 Å². The third-order valence-electron chi connectivity index (χ3n) is 6.05. The van der Waals surface area contributed by atoms with Crippen LogP contribution in [0.2, 0.25) is 0 Å². The van der Waals surface area contributed by atoms with Gasteiger partial charge in [-0.05, 0) is 67.1 Å². The lowest BCUT2D eigenvalue weighted by Gasteiger charge is -2.32. The highest BCUT2D eigenvalue weighted by atomic mass is 16.1. The SMILES string of the molecule is O=C(Nc1ccc2ncccc2c1)c1ccc(N2CCC(Cc3ccccc3)CC2)nn1. The first kappa shape index (κ1) is 20.1. The number of carbonyl (C=O) groups excluding carboxylic acids is 1. The number of aromatic nitrogens is 3.